The fourth-order valence-corrected chi connectivity index (χ4v) is 2.51. The predicted octanol–water partition coefficient (Wildman–Crippen LogP) is 3.39. The van der Waals surface area contributed by atoms with Crippen LogP contribution in [0.1, 0.15) is 35.5 Å². The molecule has 0 bridgehead atoms. The lowest BCUT2D eigenvalue weighted by Crippen LogP contribution is -2.17. The van der Waals surface area contributed by atoms with Crippen LogP contribution in [0.3, 0.4) is 0 Å². The van der Waals surface area contributed by atoms with Crippen molar-refractivity contribution in [1.29, 1.82) is 0 Å². The summed E-state index contributed by atoms with van der Waals surface area (Å²) >= 11 is 0. The maximum atomic E-state index is 12.2. The van der Waals surface area contributed by atoms with Gasteiger partial charge in [-0.15, -0.1) is 0 Å². The Morgan fingerprint density at radius 3 is 2.59 bits per heavy atom. The number of esters is 1. The van der Waals surface area contributed by atoms with Crippen molar-refractivity contribution in [2.45, 2.75) is 27.4 Å². The second kappa shape index (κ2) is 8.03. The Balaban J connectivity index is 1.66. The molecule has 0 aliphatic rings. The van der Waals surface area contributed by atoms with E-state index in [1.807, 2.05) is 13.0 Å². The molecule has 1 aromatic carbocycles. The molecule has 0 unspecified atom stereocenters. The lowest BCUT2D eigenvalue weighted by atomic mass is 10.2. The molecule has 3 rings (SSSR count). The molecule has 0 aliphatic carbocycles. The van der Waals surface area contributed by atoms with E-state index in [4.69, 9.17) is 9.47 Å². The number of hydrogen-bond acceptors (Lipinski definition) is 5. The molecular weight excluding hydrogens is 344 g/mol. The number of fused-ring (bicyclic) bond motifs is 1. The van der Waals surface area contributed by atoms with Crippen molar-refractivity contribution in [3.05, 3.63) is 75.8 Å². The molecule has 0 atom stereocenters. The van der Waals surface area contributed by atoms with Gasteiger partial charge in [0.1, 0.15) is 18.0 Å². The maximum absolute atomic E-state index is 12.2. The van der Waals surface area contributed by atoms with E-state index in [0.717, 1.165) is 5.56 Å². The largest absolute Gasteiger partial charge is 0.493 e. The van der Waals surface area contributed by atoms with Crippen LogP contribution in [0.4, 0.5) is 0 Å². The molecule has 0 radical (unpaired) electrons. The average Bonchev–Trinajstić information content (AvgIpc) is 2.65. The van der Waals surface area contributed by atoms with E-state index in [-0.39, 0.29) is 12.2 Å². The third-order valence-electron chi connectivity index (χ3n) is 3.89. The normalized spacial score (nSPS) is 11.0. The van der Waals surface area contributed by atoms with Crippen molar-refractivity contribution in [1.82, 2.24) is 9.38 Å². The van der Waals surface area contributed by atoms with Crippen LogP contribution in [0.2, 0.25) is 0 Å². The highest BCUT2D eigenvalue weighted by Gasteiger charge is 2.10. The highest BCUT2D eigenvalue weighted by atomic mass is 16.5. The molecule has 0 spiro atoms. The predicted molar refractivity (Wildman–Crippen MR) is 102 cm³/mol. The second-order valence-corrected chi connectivity index (χ2v) is 6.83. The Labute approximate surface area is 157 Å². The molecule has 2 heterocycles. The van der Waals surface area contributed by atoms with Gasteiger partial charge in [-0.25, -0.2) is 9.78 Å². The van der Waals surface area contributed by atoms with Gasteiger partial charge in [-0.1, -0.05) is 19.9 Å². The molecular formula is C21H22N2O4. The van der Waals surface area contributed by atoms with Gasteiger partial charge in [0.25, 0.3) is 5.56 Å². The summed E-state index contributed by atoms with van der Waals surface area (Å²) < 4.78 is 12.4. The Morgan fingerprint density at radius 2 is 1.89 bits per heavy atom. The van der Waals surface area contributed by atoms with Crippen molar-refractivity contribution in [3.8, 4) is 5.75 Å². The molecule has 0 aliphatic heterocycles. The topological polar surface area (TPSA) is 69.9 Å². The fourth-order valence-electron chi connectivity index (χ4n) is 2.51. The van der Waals surface area contributed by atoms with Crippen LogP contribution >= 0.6 is 0 Å². The van der Waals surface area contributed by atoms with Crippen LogP contribution in [0.5, 0.6) is 5.75 Å². The van der Waals surface area contributed by atoms with Crippen LogP contribution in [-0.4, -0.2) is 22.0 Å². The maximum Gasteiger partial charge on any atom is 0.338 e. The third kappa shape index (κ3) is 4.73. The first kappa shape index (κ1) is 18.6. The second-order valence-electron chi connectivity index (χ2n) is 6.83. The molecule has 0 saturated heterocycles. The number of nitrogens with zero attached hydrogens (tertiary/aromatic N) is 2. The van der Waals surface area contributed by atoms with E-state index in [9.17, 15) is 9.59 Å². The summed E-state index contributed by atoms with van der Waals surface area (Å²) in [6.07, 6.45) is 1.73. The standard InChI is InChI=1S/C21H22N2O4/c1-14(2)12-26-18-7-5-16(6-8-18)21(25)27-13-17-10-20(24)23-11-15(3)4-9-19(23)22-17/h4-11,14H,12-13H2,1-3H3. The zero-order valence-corrected chi connectivity index (χ0v) is 15.6. The monoisotopic (exact) mass is 366 g/mol. The van der Waals surface area contributed by atoms with Gasteiger partial charge < -0.3 is 9.47 Å². The van der Waals surface area contributed by atoms with E-state index >= 15 is 0 Å². The molecule has 0 N–H and O–H groups in total. The average molecular weight is 366 g/mol. The van der Waals surface area contributed by atoms with Gasteiger partial charge in [0.2, 0.25) is 0 Å². The van der Waals surface area contributed by atoms with Crippen molar-refractivity contribution in [2.75, 3.05) is 6.61 Å². The van der Waals surface area contributed by atoms with Gasteiger partial charge >= 0.3 is 5.97 Å². The van der Waals surface area contributed by atoms with Crippen molar-refractivity contribution < 1.29 is 14.3 Å². The molecule has 0 amide bonds. The first-order chi connectivity index (χ1) is 12.9. The molecule has 2 aromatic heterocycles. The molecule has 0 saturated carbocycles. The smallest absolute Gasteiger partial charge is 0.338 e. The van der Waals surface area contributed by atoms with Crippen LogP contribution in [0.25, 0.3) is 5.65 Å². The van der Waals surface area contributed by atoms with Crippen molar-refractivity contribution in [2.24, 2.45) is 5.92 Å². The highest BCUT2D eigenvalue weighted by Crippen LogP contribution is 2.14. The first-order valence-electron chi connectivity index (χ1n) is 8.81. The molecule has 6 heteroatoms. The van der Waals surface area contributed by atoms with E-state index in [1.54, 1.807) is 36.5 Å². The summed E-state index contributed by atoms with van der Waals surface area (Å²) in [6, 6.07) is 11.8. The Hall–Kier alpha value is -3.15. The summed E-state index contributed by atoms with van der Waals surface area (Å²) in [7, 11) is 0. The number of carbonyl (C=O) groups is 1. The molecule has 3 aromatic rings. The van der Waals surface area contributed by atoms with Gasteiger partial charge in [0, 0.05) is 12.3 Å². The van der Waals surface area contributed by atoms with E-state index in [2.05, 4.69) is 18.8 Å². The number of aromatic nitrogens is 2. The zero-order chi connectivity index (χ0) is 19.4. The summed E-state index contributed by atoms with van der Waals surface area (Å²) in [5, 5.41) is 0. The third-order valence-corrected chi connectivity index (χ3v) is 3.89. The molecule has 6 nitrogen and oxygen atoms in total. The first-order valence-corrected chi connectivity index (χ1v) is 8.81. The van der Waals surface area contributed by atoms with Crippen molar-refractivity contribution >= 4 is 11.6 Å². The molecule has 140 valence electrons. The number of pyridine rings is 1. The van der Waals surface area contributed by atoms with E-state index < -0.39 is 5.97 Å². The number of aryl methyl sites for hydroxylation is 1. The Kier molecular flexibility index (Phi) is 5.54. The Morgan fingerprint density at radius 1 is 1.15 bits per heavy atom. The van der Waals surface area contributed by atoms with Gasteiger partial charge in [-0.05, 0) is 48.7 Å². The number of rotatable bonds is 6. The summed E-state index contributed by atoms with van der Waals surface area (Å²) in [6.45, 7) is 6.59. The lowest BCUT2D eigenvalue weighted by molar-refractivity contribution is 0.0467. The van der Waals surface area contributed by atoms with Crippen LogP contribution in [-0.2, 0) is 11.3 Å². The van der Waals surface area contributed by atoms with Crippen LogP contribution < -0.4 is 10.3 Å². The van der Waals surface area contributed by atoms with E-state index in [1.165, 1.54) is 10.5 Å². The van der Waals surface area contributed by atoms with Gasteiger partial charge in [-0.2, -0.15) is 0 Å². The molecule has 27 heavy (non-hydrogen) atoms. The quantitative estimate of drug-likeness (QED) is 0.626. The zero-order valence-electron chi connectivity index (χ0n) is 15.6. The SMILES string of the molecule is Cc1ccc2nc(COC(=O)c3ccc(OCC(C)C)cc3)cc(=O)n2c1. The van der Waals surface area contributed by atoms with Gasteiger partial charge in [0.05, 0.1) is 17.9 Å². The number of hydrogen-bond donors (Lipinski definition) is 0. The minimum Gasteiger partial charge on any atom is -0.493 e. The highest BCUT2D eigenvalue weighted by molar-refractivity contribution is 5.89. The number of carbonyl (C=O) groups excluding carboxylic acids is 1. The number of benzene rings is 1. The number of ether oxygens (including phenoxy) is 2. The van der Waals surface area contributed by atoms with Crippen molar-refractivity contribution in [3.63, 3.8) is 0 Å². The van der Waals surface area contributed by atoms with Gasteiger partial charge in [0.15, 0.2) is 0 Å². The minimum atomic E-state index is -0.476. The fraction of sp³-hybridized carbons (Fsp3) is 0.286. The summed E-state index contributed by atoms with van der Waals surface area (Å²) in [5.74, 6) is 0.660. The summed E-state index contributed by atoms with van der Waals surface area (Å²) in [5.41, 5.74) is 2.10. The van der Waals surface area contributed by atoms with Gasteiger partial charge in [-0.3, -0.25) is 9.20 Å². The summed E-state index contributed by atoms with van der Waals surface area (Å²) in [4.78, 5) is 28.8. The Bertz CT molecular complexity index is 1010. The molecule has 0 fully saturated rings. The lowest BCUT2D eigenvalue weighted by Gasteiger charge is -2.09. The van der Waals surface area contributed by atoms with Crippen LogP contribution in [0.15, 0.2) is 53.5 Å². The van der Waals surface area contributed by atoms with E-state index in [0.29, 0.717) is 35.2 Å². The minimum absolute atomic E-state index is 0.0654. The van der Waals surface area contributed by atoms with Crippen LogP contribution in [0, 0.1) is 12.8 Å².